The number of nitrogens with one attached hydrogen (secondary N) is 1. The summed E-state index contributed by atoms with van der Waals surface area (Å²) in [5.74, 6) is 1.61. The Labute approximate surface area is 186 Å². The van der Waals surface area contributed by atoms with Crippen LogP contribution in [-0.4, -0.2) is 65.2 Å². The summed E-state index contributed by atoms with van der Waals surface area (Å²) >= 11 is 0. The zero-order valence-electron chi connectivity index (χ0n) is 16.3. The smallest absolute Gasteiger partial charge is 0.193 e. The maximum absolute atomic E-state index is 14.0. The zero-order chi connectivity index (χ0) is 19.3. The molecule has 2 aromatic heterocycles. The van der Waals surface area contributed by atoms with Gasteiger partial charge in [0.25, 0.3) is 0 Å². The van der Waals surface area contributed by atoms with Crippen molar-refractivity contribution in [2.45, 2.75) is 6.42 Å². The lowest BCUT2D eigenvalue weighted by molar-refractivity contribution is 0.371. The Morgan fingerprint density at radius 3 is 2.59 bits per heavy atom. The number of guanidine groups is 1. The molecule has 1 fully saturated rings. The molecule has 4 rings (SSSR count). The van der Waals surface area contributed by atoms with E-state index in [2.05, 4.69) is 30.3 Å². The molecule has 0 radical (unpaired) electrons. The van der Waals surface area contributed by atoms with E-state index in [1.54, 1.807) is 13.1 Å². The Morgan fingerprint density at radius 1 is 1.07 bits per heavy atom. The first-order valence-electron chi connectivity index (χ1n) is 9.50. The normalized spacial score (nSPS) is 14.8. The van der Waals surface area contributed by atoms with Gasteiger partial charge in [-0.1, -0.05) is 18.2 Å². The minimum Gasteiger partial charge on any atom is -0.366 e. The Balaban J connectivity index is 0.00000240. The van der Waals surface area contributed by atoms with E-state index in [1.807, 2.05) is 40.9 Å². The summed E-state index contributed by atoms with van der Waals surface area (Å²) in [5.41, 5.74) is 1.52. The van der Waals surface area contributed by atoms with Crippen LogP contribution in [0.15, 0.2) is 53.7 Å². The number of hydrogen-bond acceptors (Lipinski definition) is 4. The Bertz CT molecular complexity index is 966. The molecule has 9 heteroatoms. The Morgan fingerprint density at radius 2 is 1.83 bits per heavy atom. The summed E-state index contributed by atoms with van der Waals surface area (Å²) in [5, 5.41) is 11.8. The van der Waals surface area contributed by atoms with Crippen LogP contribution in [0, 0.1) is 5.82 Å². The molecule has 0 spiro atoms. The lowest BCUT2D eigenvalue weighted by Gasteiger charge is -2.37. The fourth-order valence-electron chi connectivity index (χ4n) is 3.55. The van der Waals surface area contributed by atoms with Gasteiger partial charge in [-0.15, -0.1) is 34.2 Å². The first-order valence-corrected chi connectivity index (χ1v) is 9.50. The first-order chi connectivity index (χ1) is 13.8. The molecule has 1 saturated heterocycles. The third-order valence-corrected chi connectivity index (χ3v) is 5.00. The number of para-hydroxylation sites is 1. The molecule has 29 heavy (non-hydrogen) atoms. The van der Waals surface area contributed by atoms with Gasteiger partial charge in [0.2, 0.25) is 0 Å². The molecule has 1 aliphatic rings. The van der Waals surface area contributed by atoms with Gasteiger partial charge in [-0.3, -0.25) is 9.39 Å². The van der Waals surface area contributed by atoms with Gasteiger partial charge in [0, 0.05) is 52.4 Å². The third kappa shape index (κ3) is 4.77. The zero-order valence-corrected chi connectivity index (χ0v) is 18.7. The lowest BCUT2D eigenvalue weighted by atomic mass is 10.2. The molecule has 1 aromatic carbocycles. The molecule has 0 unspecified atom stereocenters. The van der Waals surface area contributed by atoms with Crippen molar-refractivity contribution in [3.63, 3.8) is 0 Å². The average molecular weight is 509 g/mol. The molecule has 1 aliphatic heterocycles. The number of piperazine rings is 1. The van der Waals surface area contributed by atoms with E-state index in [4.69, 9.17) is 0 Å². The molecule has 1 N–H and O–H groups in total. The van der Waals surface area contributed by atoms with Crippen LogP contribution in [0.2, 0.25) is 0 Å². The van der Waals surface area contributed by atoms with Crippen LogP contribution in [-0.2, 0) is 6.42 Å². The molecule has 0 aliphatic carbocycles. The van der Waals surface area contributed by atoms with Gasteiger partial charge in [-0.2, -0.15) is 0 Å². The van der Waals surface area contributed by atoms with Crippen molar-refractivity contribution in [2.24, 2.45) is 4.99 Å². The molecule has 0 bridgehead atoms. The second-order valence-corrected chi connectivity index (χ2v) is 6.69. The van der Waals surface area contributed by atoms with Crippen molar-refractivity contribution < 1.29 is 4.39 Å². The lowest BCUT2D eigenvalue weighted by Crippen LogP contribution is -2.53. The fourth-order valence-corrected chi connectivity index (χ4v) is 3.55. The molecule has 3 heterocycles. The third-order valence-electron chi connectivity index (χ3n) is 5.00. The second kappa shape index (κ2) is 9.86. The maximum Gasteiger partial charge on any atom is 0.193 e. The number of aliphatic imine (C=N–C) groups is 1. The van der Waals surface area contributed by atoms with Crippen LogP contribution in [0.25, 0.3) is 5.65 Å². The molecule has 0 saturated carbocycles. The van der Waals surface area contributed by atoms with Gasteiger partial charge < -0.3 is 15.1 Å². The number of hydrogen-bond donors (Lipinski definition) is 1. The summed E-state index contributed by atoms with van der Waals surface area (Å²) in [7, 11) is 1.79. The molecule has 0 atom stereocenters. The summed E-state index contributed by atoms with van der Waals surface area (Å²) in [6.07, 6.45) is 2.72. The SMILES string of the molecule is CN=C(NCCc1nnc2ccccn12)N1CCN(c2ccccc2F)CC1.I. The highest BCUT2D eigenvalue weighted by Gasteiger charge is 2.21. The number of nitrogens with zero attached hydrogens (tertiary/aromatic N) is 6. The van der Waals surface area contributed by atoms with Gasteiger partial charge in [-0.25, -0.2) is 4.39 Å². The quantitative estimate of drug-likeness (QED) is 0.333. The number of benzene rings is 1. The van der Waals surface area contributed by atoms with Crippen molar-refractivity contribution in [2.75, 3.05) is 44.7 Å². The van der Waals surface area contributed by atoms with Crippen molar-refractivity contribution in [3.8, 4) is 0 Å². The van der Waals surface area contributed by atoms with Crippen molar-refractivity contribution >= 4 is 41.3 Å². The maximum atomic E-state index is 14.0. The molecule has 154 valence electrons. The number of pyridine rings is 1. The molecular weight excluding hydrogens is 484 g/mol. The van der Waals surface area contributed by atoms with Gasteiger partial charge in [0.15, 0.2) is 11.6 Å². The van der Waals surface area contributed by atoms with E-state index < -0.39 is 0 Å². The van der Waals surface area contributed by atoms with Crippen molar-refractivity contribution in [1.29, 1.82) is 0 Å². The summed E-state index contributed by atoms with van der Waals surface area (Å²) in [6, 6.07) is 12.8. The highest BCUT2D eigenvalue weighted by molar-refractivity contribution is 14.0. The predicted octanol–water partition coefficient (Wildman–Crippen LogP) is 2.43. The van der Waals surface area contributed by atoms with Crippen molar-refractivity contribution in [3.05, 3.63) is 60.3 Å². The summed E-state index contributed by atoms with van der Waals surface area (Å²) in [4.78, 5) is 8.70. The number of aromatic nitrogens is 3. The van der Waals surface area contributed by atoms with E-state index in [1.165, 1.54) is 6.07 Å². The molecular formula is C20H25FIN7. The van der Waals surface area contributed by atoms with Crippen LogP contribution in [0.1, 0.15) is 5.82 Å². The highest BCUT2D eigenvalue weighted by Crippen LogP contribution is 2.20. The highest BCUT2D eigenvalue weighted by atomic mass is 127. The van der Waals surface area contributed by atoms with Gasteiger partial charge in [0.05, 0.1) is 5.69 Å². The van der Waals surface area contributed by atoms with E-state index in [0.29, 0.717) is 5.69 Å². The molecule has 7 nitrogen and oxygen atoms in total. The standard InChI is InChI=1S/C20H24FN7.HI/c1-22-20(23-10-9-19-25-24-18-8-4-5-11-28(18)19)27-14-12-26(13-15-27)17-7-3-2-6-16(17)21;/h2-8,11H,9-10,12-15H2,1H3,(H,22,23);1H. The number of halogens is 2. The largest absolute Gasteiger partial charge is 0.366 e. The van der Waals surface area contributed by atoms with Crippen LogP contribution >= 0.6 is 24.0 Å². The van der Waals surface area contributed by atoms with E-state index >= 15 is 0 Å². The number of rotatable bonds is 4. The monoisotopic (exact) mass is 509 g/mol. The topological polar surface area (TPSA) is 61.1 Å². The van der Waals surface area contributed by atoms with Gasteiger partial charge >= 0.3 is 0 Å². The minimum atomic E-state index is -0.168. The molecule has 0 amide bonds. The van der Waals surface area contributed by atoms with Gasteiger partial charge in [0.1, 0.15) is 11.6 Å². The van der Waals surface area contributed by atoms with Crippen LogP contribution in [0.3, 0.4) is 0 Å². The van der Waals surface area contributed by atoms with Crippen LogP contribution in [0.5, 0.6) is 0 Å². The second-order valence-electron chi connectivity index (χ2n) is 6.69. The van der Waals surface area contributed by atoms with Crippen LogP contribution in [0.4, 0.5) is 10.1 Å². The van der Waals surface area contributed by atoms with Crippen LogP contribution < -0.4 is 10.2 Å². The minimum absolute atomic E-state index is 0. The fraction of sp³-hybridized carbons (Fsp3) is 0.350. The summed E-state index contributed by atoms with van der Waals surface area (Å²) < 4.78 is 16.0. The van der Waals surface area contributed by atoms with E-state index in [9.17, 15) is 4.39 Å². The number of fused-ring (bicyclic) bond motifs is 1. The number of anilines is 1. The Hall–Kier alpha value is -2.43. The molecule has 3 aromatic rings. The van der Waals surface area contributed by atoms with E-state index in [-0.39, 0.29) is 29.8 Å². The Kier molecular flexibility index (Phi) is 7.24. The van der Waals surface area contributed by atoms with Gasteiger partial charge in [-0.05, 0) is 24.3 Å². The average Bonchev–Trinajstić information content (AvgIpc) is 3.15. The summed E-state index contributed by atoms with van der Waals surface area (Å²) in [6.45, 7) is 3.83. The first kappa shape index (κ1) is 21.3. The van der Waals surface area contributed by atoms with E-state index in [0.717, 1.165) is 56.6 Å². The predicted molar refractivity (Wildman–Crippen MR) is 124 cm³/mol. The van der Waals surface area contributed by atoms with Crippen molar-refractivity contribution in [1.82, 2.24) is 24.8 Å².